The minimum Gasteiger partial charge on any atom is -0.481 e. The summed E-state index contributed by atoms with van der Waals surface area (Å²) in [4.78, 5) is 45.2. The van der Waals surface area contributed by atoms with Gasteiger partial charge in [0.05, 0.1) is 24.7 Å². The second-order valence-electron chi connectivity index (χ2n) is 6.40. The van der Waals surface area contributed by atoms with E-state index >= 15 is 0 Å². The van der Waals surface area contributed by atoms with Crippen LogP contribution >= 0.6 is 0 Å². The molecule has 0 spiro atoms. The highest BCUT2D eigenvalue weighted by atomic mass is 16.4. The third kappa shape index (κ3) is 5.82. The first-order valence-electron chi connectivity index (χ1n) is 8.13. The van der Waals surface area contributed by atoms with Crippen molar-refractivity contribution >= 4 is 23.9 Å². The molecule has 1 fully saturated rings. The molecule has 4 N–H and O–H groups in total. The SMILES string of the molecule is O=C(O)CC(C(=O)O)C1CCCCCCC1C(CC(=O)O)C(=O)O. The molecule has 1 aliphatic carbocycles. The van der Waals surface area contributed by atoms with E-state index in [1.54, 1.807) is 0 Å². The summed E-state index contributed by atoms with van der Waals surface area (Å²) in [5.74, 6) is -8.78. The fourth-order valence-corrected chi connectivity index (χ4v) is 3.76. The van der Waals surface area contributed by atoms with Crippen molar-refractivity contribution in [1.29, 1.82) is 0 Å². The molecule has 4 atom stereocenters. The normalized spacial score (nSPS) is 24.2. The van der Waals surface area contributed by atoms with Crippen molar-refractivity contribution in [1.82, 2.24) is 0 Å². The van der Waals surface area contributed by atoms with E-state index in [-0.39, 0.29) is 0 Å². The fraction of sp³-hybridized carbons (Fsp3) is 0.750. The van der Waals surface area contributed by atoms with E-state index in [0.29, 0.717) is 25.7 Å². The summed E-state index contributed by atoms with van der Waals surface area (Å²) in [7, 11) is 0. The van der Waals surface area contributed by atoms with E-state index in [2.05, 4.69) is 0 Å². The van der Waals surface area contributed by atoms with Crippen molar-refractivity contribution in [2.45, 2.75) is 51.4 Å². The Bertz CT molecular complexity index is 442. The van der Waals surface area contributed by atoms with Gasteiger partial charge in [-0.25, -0.2) is 0 Å². The molecule has 1 saturated carbocycles. The van der Waals surface area contributed by atoms with Crippen molar-refractivity contribution in [3.63, 3.8) is 0 Å². The average molecular weight is 344 g/mol. The molecule has 4 unspecified atom stereocenters. The van der Waals surface area contributed by atoms with Gasteiger partial charge in [0.25, 0.3) is 0 Å². The minimum atomic E-state index is -1.27. The van der Waals surface area contributed by atoms with Crippen molar-refractivity contribution in [2.24, 2.45) is 23.7 Å². The molecule has 1 aliphatic rings. The Morgan fingerprint density at radius 2 is 1.00 bits per heavy atom. The van der Waals surface area contributed by atoms with Gasteiger partial charge in [0, 0.05) is 0 Å². The Labute approximate surface area is 139 Å². The van der Waals surface area contributed by atoms with Crippen LogP contribution in [0.5, 0.6) is 0 Å². The topological polar surface area (TPSA) is 149 Å². The molecule has 0 amide bonds. The van der Waals surface area contributed by atoms with Crippen LogP contribution in [0.2, 0.25) is 0 Å². The molecule has 8 nitrogen and oxygen atoms in total. The summed E-state index contributed by atoms with van der Waals surface area (Å²) in [6.07, 6.45) is 2.75. The highest BCUT2D eigenvalue weighted by Crippen LogP contribution is 2.40. The van der Waals surface area contributed by atoms with Crippen LogP contribution in [0.25, 0.3) is 0 Å². The summed E-state index contributed by atoms with van der Waals surface area (Å²) in [6.45, 7) is 0. The van der Waals surface area contributed by atoms with Crippen molar-refractivity contribution < 1.29 is 39.6 Å². The maximum absolute atomic E-state index is 11.6. The first-order chi connectivity index (χ1) is 11.2. The number of aliphatic carboxylic acids is 4. The maximum atomic E-state index is 11.6. The predicted molar refractivity (Wildman–Crippen MR) is 81.4 cm³/mol. The summed E-state index contributed by atoms with van der Waals surface area (Å²) in [5.41, 5.74) is 0. The van der Waals surface area contributed by atoms with Crippen LogP contribution in [0.1, 0.15) is 51.4 Å². The van der Waals surface area contributed by atoms with Gasteiger partial charge in [0.15, 0.2) is 0 Å². The molecule has 0 aromatic rings. The predicted octanol–water partition coefficient (Wildman–Crippen LogP) is 1.92. The third-order valence-electron chi connectivity index (χ3n) is 4.83. The molecule has 0 heterocycles. The molecule has 0 aromatic carbocycles. The highest BCUT2D eigenvalue weighted by Gasteiger charge is 2.42. The zero-order chi connectivity index (χ0) is 18.3. The van der Waals surface area contributed by atoms with E-state index in [9.17, 15) is 29.4 Å². The molecular formula is C16H24O8. The second kappa shape index (κ2) is 9.24. The first kappa shape index (κ1) is 19.9. The van der Waals surface area contributed by atoms with Crippen molar-refractivity contribution in [3.05, 3.63) is 0 Å². The lowest BCUT2D eigenvalue weighted by Crippen LogP contribution is -2.39. The molecule has 8 heteroatoms. The fourth-order valence-electron chi connectivity index (χ4n) is 3.76. The average Bonchev–Trinajstić information content (AvgIpc) is 2.42. The monoisotopic (exact) mass is 344 g/mol. The standard InChI is InChI=1S/C16H24O8/c17-13(18)7-11(15(21)22)9-5-3-1-2-4-6-10(9)12(16(23)24)8-14(19)20/h9-12H,1-8H2,(H,17,18)(H,19,20)(H,21,22)(H,23,24). The maximum Gasteiger partial charge on any atom is 0.307 e. The molecule has 1 rings (SSSR count). The summed E-state index contributed by atoms with van der Waals surface area (Å²) >= 11 is 0. The second-order valence-corrected chi connectivity index (χ2v) is 6.40. The van der Waals surface area contributed by atoms with Crippen LogP contribution in [-0.2, 0) is 19.2 Å². The van der Waals surface area contributed by atoms with Crippen LogP contribution in [-0.4, -0.2) is 44.3 Å². The number of carbonyl (C=O) groups is 4. The highest BCUT2D eigenvalue weighted by molar-refractivity contribution is 5.79. The summed E-state index contributed by atoms with van der Waals surface area (Å²) in [6, 6.07) is 0. The Morgan fingerprint density at radius 3 is 1.25 bits per heavy atom. The molecule has 0 radical (unpaired) electrons. The number of carboxylic acid groups (broad SMARTS) is 4. The zero-order valence-electron chi connectivity index (χ0n) is 13.4. The molecule has 24 heavy (non-hydrogen) atoms. The van der Waals surface area contributed by atoms with Crippen LogP contribution in [0.3, 0.4) is 0 Å². The van der Waals surface area contributed by atoms with Gasteiger partial charge in [-0.05, 0) is 24.7 Å². The van der Waals surface area contributed by atoms with E-state index in [4.69, 9.17) is 10.2 Å². The number of hydrogen-bond donors (Lipinski definition) is 4. The Kier molecular flexibility index (Phi) is 7.67. The van der Waals surface area contributed by atoms with Crippen molar-refractivity contribution in [3.8, 4) is 0 Å². The summed E-state index contributed by atoms with van der Waals surface area (Å²) in [5, 5.41) is 36.8. The first-order valence-corrected chi connectivity index (χ1v) is 8.13. The Morgan fingerprint density at radius 1 is 0.667 bits per heavy atom. The van der Waals surface area contributed by atoms with Crippen LogP contribution < -0.4 is 0 Å². The van der Waals surface area contributed by atoms with Gasteiger partial charge >= 0.3 is 23.9 Å². The lowest BCUT2D eigenvalue weighted by molar-refractivity contribution is -0.156. The van der Waals surface area contributed by atoms with Gasteiger partial charge in [0.1, 0.15) is 0 Å². The van der Waals surface area contributed by atoms with Crippen molar-refractivity contribution in [2.75, 3.05) is 0 Å². The zero-order valence-corrected chi connectivity index (χ0v) is 13.4. The third-order valence-corrected chi connectivity index (χ3v) is 4.83. The number of rotatable bonds is 8. The molecule has 0 saturated heterocycles. The quantitative estimate of drug-likeness (QED) is 0.521. The van der Waals surface area contributed by atoms with Gasteiger partial charge in [-0.3, -0.25) is 19.2 Å². The van der Waals surface area contributed by atoms with Gasteiger partial charge < -0.3 is 20.4 Å². The van der Waals surface area contributed by atoms with E-state index < -0.39 is 60.4 Å². The molecule has 0 bridgehead atoms. The van der Waals surface area contributed by atoms with E-state index in [1.807, 2.05) is 0 Å². The van der Waals surface area contributed by atoms with Crippen LogP contribution in [0.15, 0.2) is 0 Å². The van der Waals surface area contributed by atoms with Gasteiger partial charge in [-0.15, -0.1) is 0 Å². The number of hydrogen-bond acceptors (Lipinski definition) is 4. The van der Waals surface area contributed by atoms with E-state index in [1.165, 1.54) is 0 Å². The van der Waals surface area contributed by atoms with Crippen LogP contribution in [0.4, 0.5) is 0 Å². The van der Waals surface area contributed by atoms with Gasteiger partial charge in [0.2, 0.25) is 0 Å². The molecule has 0 aliphatic heterocycles. The Hall–Kier alpha value is -2.12. The van der Waals surface area contributed by atoms with Crippen LogP contribution in [0, 0.1) is 23.7 Å². The van der Waals surface area contributed by atoms with Gasteiger partial charge in [-0.2, -0.15) is 0 Å². The lowest BCUT2D eigenvalue weighted by atomic mass is 9.67. The Balaban J connectivity index is 3.18. The van der Waals surface area contributed by atoms with Gasteiger partial charge in [-0.1, -0.05) is 25.7 Å². The lowest BCUT2D eigenvalue weighted by Gasteiger charge is -2.36. The smallest absolute Gasteiger partial charge is 0.307 e. The number of carboxylic acids is 4. The van der Waals surface area contributed by atoms with E-state index in [0.717, 1.165) is 12.8 Å². The molecular weight excluding hydrogens is 320 g/mol. The molecule has 0 aromatic heterocycles. The summed E-state index contributed by atoms with van der Waals surface area (Å²) < 4.78 is 0. The minimum absolute atomic E-state index is 0.401. The molecule has 136 valence electrons. The largest absolute Gasteiger partial charge is 0.481 e.